The molecule has 0 fully saturated rings. The number of nitrogens with zero attached hydrogens (tertiary/aromatic N) is 8. The van der Waals surface area contributed by atoms with Gasteiger partial charge in [0.2, 0.25) is 0 Å². The Bertz CT molecular complexity index is 1240. The van der Waals surface area contributed by atoms with E-state index < -0.39 is 0 Å². The summed E-state index contributed by atoms with van der Waals surface area (Å²) in [6.45, 7) is 5.24. The van der Waals surface area contributed by atoms with Gasteiger partial charge in [-0.2, -0.15) is 10.4 Å². The molecule has 0 N–H and O–H groups in total. The Morgan fingerprint density at radius 2 is 2.06 bits per heavy atom. The van der Waals surface area contributed by atoms with Crippen LogP contribution < -0.4 is 4.74 Å². The van der Waals surface area contributed by atoms with Crippen LogP contribution in [0, 0.1) is 17.2 Å². The van der Waals surface area contributed by atoms with Crippen molar-refractivity contribution in [2.75, 3.05) is 6.61 Å². The summed E-state index contributed by atoms with van der Waals surface area (Å²) < 4.78 is 9.43. The number of rotatable bonds is 8. The molecule has 0 amide bonds. The molecule has 10 heteroatoms. The molecule has 0 saturated heterocycles. The second-order valence-corrected chi connectivity index (χ2v) is 8.08. The van der Waals surface area contributed by atoms with Gasteiger partial charge in [-0.3, -0.25) is 0 Å². The number of benzene rings is 2. The lowest BCUT2D eigenvalue weighted by Crippen LogP contribution is -2.09. The molecule has 4 aromatic rings. The highest BCUT2D eigenvalue weighted by Gasteiger charge is 2.13. The number of aromatic nitrogens is 7. The van der Waals surface area contributed by atoms with Crippen LogP contribution in [0.3, 0.4) is 0 Å². The predicted molar refractivity (Wildman–Crippen MR) is 118 cm³/mol. The summed E-state index contributed by atoms with van der Waals surface area (Å²) in [5.74, 6) is 1.55. The van der Waals surface area contributed by atoms with Crippen LogP contribution in [-0.4, -0.2) is 41.6 Å². The van der Waals surface area contributed by atoms with Gasteiger partial charge in [0, 0.05) is 23.6 Å². The molecule has 0 aliphatic heterocycles. The van der Waals surface area contributed by atoms with Crippen LogP contribution in [0.25, 0.3) is 17.1 Å². The molecule has 0 saturated carbocycles. The first-order valence-corrected chi connectivity index (χ1v) is 10.5. The predicted octanol–water partition coefficient (Wildman–Crippen LogP) is 3.72. The lowest BCUT2D eigenvalue weighted by Gasteiger charge is -2.12. The van der Waals surface area contributed by atoms with Gasteiger partial charge in [0.05, 0.1) is 23.9 Å². The first-order chi connectivity index (χ1) is 15.5. The Labute approximate surface area is 190 Å². The van der Waals surface area contributed by atoms with Gasteiger partial charge in [-0.25, -0.2) is 14.3 Å². The summed E-state index contributed by atoms with van der Waals surface area (Å²) in [5.41, 5.74) is 3.06. The van der Waals surface area contributed by atoms with E-state index >= 15 is 0 Å². The monoisotopic (exact) mass is 448 g/mol. The number of hydrogen-bond acceptors (Lipinski definition) is 7. The molecule has 0 aliphatic carbocycles. The summed E-state index contributed by atoms with van der Waals surface area (Å²) in [4.78, 5) is 4.01. The third-order valence-electron chi connectivity index (χ3n) is 4.71. The van der Waals surface area contributed by atoms with Crippen LogP contribution in [-0.2, 0) is 13.0 Å². The van der Waals surface area contributed by atoms with Crippen molar-refractivity contribution in [2.45, 2.75) is 26.8 Å². The molecule has 2 aromatic carbocycles. The lowest BCUT2D eigenvalue weighted by atomic mass is 10.1. The molecule has 0 spiro atoms. The topological polar surface area (TPSA) is 107 Å². The highest BCUT2D eigenvalue weighted by atomic mass is 35.5. The number of ether oxygens (including phenoxy) is 1. The van der Waals surface area contributed by atoms with Gasteiger partial charge in [0.15, 0.2) is 5.82 Å². The molecule has 2 aromatic heterocycles. The maximum Gasteiger partial charge on any atom is 0.182 e. The highest BCUT2D eigenvalue weighted by Crippen LogP contribution is 2.26. The van der Waals surface area contributed by atoms with Gasteiger partial charge in [-0.1, -0.05) is 25.4 Å². The van der Waals surface area contributed by atoms with Crippen molar-refractivity contribution in [1.82, 2.24) is 35.0 Å². The Kier molecular flexibility index (Phi) is 6.42. The van der Waals surface area contributed by atoms with Crippen LogP contribution in [0.5, 0.6) is 5.75 Å². The average Bonchev–Trinajstić information content (AvgIpc) is 3.45. The summed E-state index contributed by atoms with van der Waals surface area (Å²) >= 11 is 6.20. The highest BCUT2D eigenvalue weighted by molar-refractivity contribution is 6.30. The molecule has 0 radical (unpaired) electrons. The zero-order valence-corrected chi connectivity index (χ0v) is 18.4. The minimum absolute atomic E-state index is 0.379. The minimum atomic E-state index is 0.379. The summed E-state index contributed by atoms with van der Waals surface area (Å²) in [6, 6.07) is 13.1. The van der Waals surface area contributed by atoms with Gasteiger partial charge < -0.3 is 4.74 Å². The molecule has 32 heavy (non-hydrogen) atoms. The van der Waals surface area contributed by atoms with Crippen LogP contribution in [0.2, 0.25) is 5.02 Å². The molecule has 0 aliphatic rings. The lowest BCUT2D eigenvalue weighted by molar-refractivity contribution is 0.322. The van der Waals surface area contributed by atoms with Crippen LogP contribution in [0.1, 0.15) is 25.0 Å². The van der Waals surface area contributed by atoms with Crippen molar-refractivity contribution in [2.24, 2.45) is 5.92 Å². The fourth-order valence-corrected chi connectivity index (χ4v) is 3.54. The fourth-order valence-electron chi connectivity index (χ4n) is 3.35. The second-order valence-electron chi connectivity index (χ2n) is 7.65. The average molecular weight is 449 g/mol. The number of nitriles is 1. The maximum absolute atomic E-state index is 9.48. The molecular weight excluding hydrogens is 428 g/mol. The largest absolute Gasteiger partial charge is 0.493 e. The van der Waals surface area contributed by atoms with E-state index in [1.807, 2.05) is 24.3 Å². The van der Waals surface area contributed by atoms with E-state index in [1.165, 1.54) is 6.33 Å². The van der Waals surface area contributed by atoms with E-state index in [2.05, 4.69) is 45.5 Å². The summed E-state index contributed by atoms with van der Waals surface area (Å²) in [6.07, 6.45) is 3.71. The van der Waals surface area contributed by atoms with E-state index in [1.54, 1.807) is 27.8 Å². The molecule has 162 valence electrons. The maximum atomic E-state index is 9.48. The molecule has 2 heterocycles. The van der Waals surface area contributed by atoms with Crippen molar-refractivity contribution in [1.29, 1.82) is 5.26 Å². The van der Waals surface area contributed by atoms with Gasteiger partial charge >= 0.3 is 0 Å². The Balaban J connectivity index is 1.54. The molecule has 0 bridgehead atoms. The smallest absolute Gasteiger partial charge is 0.182 e. The van der Waals surface area contributed by atoms with Crippen LogP contribution in [0.4, 0.5) is 0 Å². The first kappa shape index (κ1) is 21.5. The third kappa shape index (κ3) is 4.92. The summed E-state index contributed by atoms with van der Waals surface area (Å²) in [5, 5.41) is 26.3. The van der Waals surface area contributed by atoms with Gasteiger partial charge in [-0.15, -0.1) is 5.10 Å². The van der Waals surface area contributed by atoms with E-state index in [0.29, 0.717) is 47.7 Å². The van der Waals surface area contributed by atoms with E-state index in [-0.39, 0.29) is 0 Å². The standard InChI is InChI=1S/C22H21ClN8O/c1-15(2)12-30-22(27-28-29-30)18-7-16(11-24)8-20(10-18)32-6-5-17-9-19(23)3-4-21(17)31-14-25-13-26-31/h3-4,7-10,13-15H,5-6,12H2,1-2H3. The van der Waals surface area contributed by atoms with Crippen molar-refractivity contribution >= 4 is 11.6 Å². The number of halogens is 1. The van der Waals surface area contributed by atoms with Crippen molar-refractivity contribution in [3.63, 3.8) is 0 Å². The molecule has 0 atom stereocenters. The van der Waals surface area contributed by atoms with E-state index in [9.17, 15) is 5.26 Å². The van der Waals surface area contributed by atoms with Crippen molar-refractivity contribution in [3.8, 4) is 28.9 Å². The Hall–Kier alpha value is -3.77. The minimum Gasteiger partial charge on any atom is -0.493 e. The van der Waals surface area contributed by atoms with Crippen LogP contribution in [0.15, 0.2) is 49.1 Å². The Morgan fingerprint density at radius 3 is 2.81 bits per heavy atom. The fraction of sp³-hybridized carbons (Fsp3) is 0.273. The van der Waals surface area contributed by atoms with Crippen molar-refractivity contribution < 1.29 is 4.74 Å². The zero-order valence-electron chi connectivity index (χ0n) is 17.7. The quantitative estimate of drug-likeness (QED) is 0.404. The van der Waals surface area contributed by atoms with E-state index in [0.717, 1.165) is 16.8 Å². The van der Waals surface area contributed by atoms with Gasteiger partial charge in [0.1, 0.15) is 18.4 Å². The summed E-state index contributed by atoms with van der Waals surface area (Å²) in [7, 11) is 0. The van der Waals surface area contributed by atoms with Gasteiger partial charge in [0.25, 0.3) is 0 Å². The number of hydrogen-bond donors (Lipinski definition) is 0. The third-order valence-corrected chi connectivity index (χ3v) is 4.95. The first-order valence-electron chi connectivity index (χ1n) is 10.1. The molecule has 0 unspecified atom stereocenters. The van der Waals surface area contributed by atoms with Gasteiger partial charge in [-0.05, 0) is 58.3 Å². The molecular formula is C22H21ClN8O. The second kappa shape index (κ2) is 9.58. The van der Waals surface area contributed by atoms with Crippen LogP contribution >= 0.6 is 11.6 Å². The molecule has 4 rings (SSSR count). The Morgan fingerprint density at radius 1 is 1.19 bits per heavy atom. The normalized spacial score (nSPS) is 11.0. The number of tetrazole rings is 1. The molecule has 9 nitrogen and oxygen atoms in total. The zero-order chi connectivity index (χ0) is 22.5. The van der Waals surface area contributed by atoms with Crippen molar-refractivity contribution in [3.05, 3.63) is 65.2 Å². The SMILES string of the molecule is CC(C)Cn1nnnc1-c1cc(C#N)cc(OCCc2cc(Cl)ccc2-n2cncn2)c1. The van der Waals surface area contributed by atoms with E-state index in [4.69, 9.17) is 16.3 Å².